The number of hydrogen-bond donors (Lipinski definition) is 1. The van der Waals surface area contributed by atoms with E-state index in [0.29, 0.717) is 12.0 Å². The minimum atomic E-state index is 0.681. The van der Waals surface area contributed by atoms with Crippen molar-refractivity contribution in [1.82, 2.24) is 5.32 Å². The normalized spacial score (nSPS) is 25.6. The second-order valence-electron chi connectivity index (χ2n) is 5.69. The molecule has 18 heavy (non-hydrogen) atoms. The molecule has 0 aliphatic carbocycles. The van der Waals surface area contributed by atoms with Crippen LogP contribution in [-0.2, 0) is 0 Å². The highest BCUT2D eigenvalue weighted by Crippen LogP contribution is 2.19. The third-order valence-electron chi connectivity index (χ3n) is 3.93. The van der Waals surface area contributed by atoms with Crippen molar-refractivity contribution in [2.45, 2.75) is 39.7 Å². The molecule has 1 aliphatic rings. The van der Waals surface area contributed by atoms with Crippen LogP contribution in [0, 0.1) is 12.8 Å². The van der Waals surface area contributed by atoms with E-state index in [0.717, 1.165) is 13.1 Å². The van der Waals surface area contributed by atoms with Gasteiger partial charge in [0.25, 0.3) is 0 Å². The predicted molar refractivity (Wildman–Crippen MR) is 79.3 cm³/mol. The van der Waals surface area contributed by atoms with Crippen molar-refractivity contribution < 1.29 is 0 Å². The molecule has 1 aromatic rings. The molecular weight excluding hydrogens is 220 g/mol. The molecule has 1 N–H and O–H groups in total. The zero-order valence-corrected chi connectivity index (χ0v) is 11.9. The van der Waals surface area contributed by atoms with Gasteiger partial charge in [-0.3, -0.25) is 0 Å². The second kappa shape index (κ2) is 6.24. The molecule has 0 saturated carbocycles. The molecule has 0 bridgehead atoms. The molecule has 1 aromatic carbocycles. The van der Waals surface area contributed by atoms with Crippen LogP contribution >= 0.6 is 0 Å². The predicted octanol–water partition coefficient (Wildman–Crippen LogP) is 3.21. The molecule has 0 radical (unpaired) electrons. The molecule has 0 amide bonds. The van der Waals surface area contributed by atoms with Crippen LogP contribution < -0.4 is 10.2 Å². The van der Waals surface area contributed by atoms with E-state index in [1.54, 1.807) is 0 Å². The highest BCUT2D eigenvalue weighted by Gasteiger charge is 2.17. The van der Waals surface area contributed by atoms with Gasteiger partial charge in [0.05, 0.1) is 0 Å². The lowest BCUT2D eigenvalue weighted by atomic mass is 10.0. The fraction of sp³-hybridized carbons (Fsp3) is 0.625. The van der Waals surface area contributed by atoms with Crippen LogP contribution in [0.2, 0.25) is 0 Å². The summed E-state index contributed by atoms with van der Waals surface area (Å²) >= 11 is 0. The van der Waals surface area contributed by atoms with E-state index < -0.39 is 0 Å². The Morgan fingerprint density at radius 3 is 2.67 bits per heavy atom. The van der Waals surface area contributed by atoms with E-state index in [1.165, 1.54) is 30.6 Å². The topological polar surface area (TPSA) is 15.3 Å². The maximum absolute atomic E-state index is 3.68. The summed E-state index contributed by atoms with van der Waals surface area (Å²) < 4.78 is 0. The van der Waals surface area contributed by atoms with Crippen LogP contribution in [0.25, 0.3) is 0 Å². The van der Waals surface area contributed by atoms with Crippen molar-refractivity contribution in [3.63, 3.8) is 0 Å². The number of benzene rings is 1. The third-order valence-corrected chi connectivity index (χ3v) is 3.93. The molecule has 2 rings (SSSR count). The van der Waals surface area contributed by atoms with Crippen molar-refractivity contribution in [1.29, 1.82) is 0 Å². The van der Waals surface area contributed by atoms with Gasteiger partial charge in [0, 0.05) is 24.8 Å². The van der Waals surface area contributed by atoms with Gasteiger partial charge in [0.2, 0.25) is 0 Å². The van der Waals surface area contributed by atoms with Crippen molar-refractivity contribution in [3.8, 4) is 0 Å². The molecule has 2 nitrogen and oxygen atoms in total. The van der Waals surface area contributed by atoms with E-state index in [9.17, 15) is 0 Å². The van der Waals surface area contributed by atoms with Crippen LogP contribution in [-0.4, -0.2) is 25.7 Å². The Morgan fingerprint density at radius 2 is 2.00 bits per heavy atom. The van der Waals surface area contributed by atoms with Crippen molar-refractivity contribution >= 4 is 5.69 Å². The molecular formula is C16H26N2. The summed E-state index contributed by atoms with van der Waals surface area (Å²) in [6.07, 6.45) is 2.48. The quantitative estimate of drug-likeness (QED) is 0.862. The summed E-state index contributed by atoms with van der Waals surface area (Å²) in [5.41, 5.74) is 2.72. The van der Waals surface area contributed by atoms with Crippen LogP contribution in [0.1, 0.15) is 32.3 Å². The summed E-state index contributed by atoms with van der Waals surface area (Å²) in [6, 6.07) is 9.64. The Labute approximate surface area is 111 Å². The maximum Gasteiger partial charge on any atom is 0.0366 e. The second-order valence-corrected chi connectivity index (χ2v) is 5.69. The average molecular weight is 246 g/mol. The largest absolute Gasteiger partial charge is 0.371 e. The Balaban J connectivity index is 2.07. The standard InChI is InChI=1S/C16H26N2/c1-4-15-9-10-18(12-14(3)11-17-15)16-7-5-13(2)6-8-16/h5-8,14-15,17H,4,9-12H2,1-3H3. The number of rotatable bonds is 2. The number of anilines is 1. The summed E-state index contributed by atoms with van der Waals surface area (Å²) in [5.74, 6) is 0.709. The first-order valence-electron chi connectivity index (χ1n) is 7.24. The maximum atomic E-state index is 3.68. The molecule has 1 aliphatic heterocycles. The van der Waals surface area contributed by atoms with Gasteiger partial charge in [-0.05, 0) is 44.4 Å². The molecule has 2 heteroatoms. The van der Waals surface area contributed by atoms with Crippen molar-refractivity contribution in [3.05, 3.63) is 29.8 Å². The summed E-state index contributed by atoms with van der Waals surface area (Å²) in [5, 5.41) is 3.68. The zero-order chi connectivity index (χ0) is 13.0. The number of aryl methyl sites for hydroxylation is 1. The van der Waals surface area contributed by atoms with Gasteiger partial charge >= 0.3 is 0 Å². The van der Waals surface area contributed by atoms with Crippen LogP contribution in [0.4, 0.5) is 5.69 Å². The molecule has 0 spiro atoms. The van der Waals surface area contributed by atoms with Gasteiger partial charge in [-0.15, -0.1) is 0 Å². The Bertz CT molecular complexity index is 358. The van der Waals surface area contributed by atoms with E-state index >= 15 is 0 Å². The van der Waals surface area contributed by atoms with Gasteiger partial charge in [0.15, 0.2) is 0 Å². The lowest BCUT2D eigenvalue weighted by Crippen LogP contribution is -2.43. The first-order valence-corrected chi connectivity index (χ1v) is 7.24. The summed E-state index contributed by atoms with van der Waals surface area (Å²) in [6.45, 7) is 10.2. The lowest BCUT2D eigenvalue weighted by molar-refractivity contribution is 0.388. The molecule has 1 heterocycles. The van der Waals surface area contributed by atoms with Gasteiger partial charge in [-0.2, -0.15) is 0 Å². The monoisotopic (exact) mass is 246 g/mol. The molecule has 100 valence electrons. The highest BCUT2D eigenvalue weighted by molar-refractivity contribution is 5.47. The molecule has 2 unspecified atom stereocenters. The third kappa shape index (κ3) is 3.49. The van der Waals surface area contributed by atoms with Gasteiger partial charge in [0.1, 0.15) is 0 Å². The SMILES string of the molecule is CCC1CCN(c2ccc(C)cc2)CC(C)CN1. The Hall–Kier alpha value is -1.02. The van der Waals surface area contributed by atoms with Gasteiger partial charge in [-0.1, -0.05) is 31.5 Å². The van der Waals surface area contributed by atoms with Crippen molar-refractivity contribution in [2.75, 3.05) is 24.5 Å². The van der Waals surface area contributed by atoms with Crippen LogP contribution in [0.5, 0.6) is 0 Å². The summed E-state index contributed by atoms with van der Waals surface area (Å²) in [4.78, 5) is 2.55. The lowest BCUT2D eigenvalue weighted by Gasteiger charge is -2.33. The smallest absolute Gasteiger partial charge is 0.0366 e. The first kappa shape index (κ1) is 13.4. The molecule has 0 aromatic heterocycles. The Morgan fingerprint density at radius 1 is 1.28 bits per heavy atom. The van der Waals surface area contributed by atoms with E-state index in [4.69, 9.17) is 0 Å². The fourth-order valence-corrected chi connectivity index (χ4v) is 2.65. The molecule has 1 saturated heterocycles. The first-order chi connectivity index (χ1) is 8.69. The van der Waals surface area contributed by atoms with Crippen LogP contribution in [0.15, 0.2) is 24.3 Å². The van der Waals surface area contributed by atoms with Crippen molar-refractivity contribution in [2.24, 2.45) is 5.92 Å². The van der Waals surface area contributed by atoms with E-state index in [1.807, 2.05) is 0 Å². The molecule has 2 atom stereocenters. The fourth-order valence-electron chi connectivity index (χ4n) is 2.65. The minimum absolute atomic E-state index is 0.681. The van der Waals surface area contributed by atoms with Gasteiger partial charge < -0.3 is 10.2 Å². The summed E-state index contributed by atoms with van der Waals surface area (Å²) in [7, 11) is 0. The zero-order valence-electron chi connectivity index (χ0n) is 11.9. The number of nitrogens with one attached hydrogen (secondary N) is 1. The number of hydrogen-bond acceptors (Lipinski definition) is 2. The molecule has 1 fully saturated rings. The van der Waals surface area contributed by atoms with Crippen LogP contribution in [0.3, 0.4) is 0 Å². The van der Waals surface area contributed by atoms with E-state index in [2.05, 4.69) is 55.3 Å². The average Bonchev–Trinajstić information content (AvgIpc) is 2.36. The minimum Gasteiger partial charge on any atom is -0.371 e. The Kier molecular flexibility index (Phi) is 4.65. The highest BCUT2D eigenvalue weighted by atomic mass is 15.1. The number of nitrogens with zero attached hydrogens (tertiary/aromatic N) is 1. The van der Waals surface area contributed by atoms with E-state index in [-0.39, 0.29) is 0 Å². The van der Waals surface area contributed by atoms with Gasteiger partial charge in [-0.25, -0.2) is 0 Å².